The molecule has 1 atom stereocenters. The highest BCUT2D eigenvalue weighted by molar-refractivity contribution is 7.89. The van der Waals surface area contributed by atoms with Gasteiger partial charge in [0.2, 0.25) is 10.0 Å². The van der Waals surface area contributed by atoms with E-state index in [4.69, 9.17) is 32.7 Å². The fourth-order valence-corrected chi connectivity index (χ4v) is 3.65. The maximum absolute atomic E-state index is 12.2. The zero-order valence-electron chi connectivity index (χ0n) is 11.0. The zero-order chi connectivity index (χ0) is 15.0. The van der Waals surface area contributed by atoms with Crippen molar-refractivity contribution < 1.29 is 17.9 Å². The Morgan fingerprint density at radius 2 is 2.10 bits per heavy atom. The van der Waals surface area contributed by atoms with Crippen molar-refractivity contribution in [1.29, 1.82) is 0 Å². The van der Waals surface area contributed by atoms with Gasteiger partial charge in [-0.25, -0.2) is 13.1 Å². The van der Waals surface area contributed by atoms with Crippen molar-refractivity contribution in [3.05, 3.63) is 28.2 Å². The Morgan fingerprint density at radius 3 is 2.70 bits per heavy atom. The quantitative estimate of drug-likeness (QED) is 0.914. The van der Waals surface area contributed by atoms with Crippen LogP contribution in [0.5, 0.6) is 0 Å². The maximum Gasteiger partial charge on any atom is 0.242 e. The predicted molar refractivity (Wildman–Crippen MR) is 76.6 cm³/mol. The van der Waals surface area contributed by atoms with Gasteiger partial charge in [0.05, 0.1) is 17.7 Å². The molecular formula is C12H15Cl2NO4S. The lowest BCUT2D eigenvalue weighted by molar-refractivity contribution is -0.137. The minimum atomic E-state index is -3.74. The highest BCUT2D eigenvalue weighted by Crippen LogP contribution is 2.26. The third-order valence-corrected chi connectivity index (χ3v) is 4.89. The van der Waals surface area contributed by atoms with Crippen LogP contribution in [-0.4, -0.2) is 33.5 Å². The first-order chi connectivity index (χ1) is 9.20. The minimum Gasteiger partial charge on any atom is -0.348 e. The number of hydrogen-bond acceptors (Lipinski definition) is 4. The molecule has 1 heterocycles. The van der Waals surface area contributed by atoms with Crippen LogP contribution in [0, 0.1) is 0 Å². The normalized spacial score (nSPS) is 22.1. The van der Waals surface area contributed by atoms with Crippen LogP contribution in [0.1, 0.15) is 13.8 Å². The van der Waals surface area contributed by atoms with Gasteiger partial charge in [-0.05, 0) is 32.0 Å². The molecule has 2 rings (SSSR count). The van der Waals surface area contributed by atoms with Crippen molar-refractivity contribution in [3.63, 3.8) is 0 Å². The molecule has 0 amide bonds. The summed E-state index contributed by atoms with van der Waals surface area (Å²) in [6, 6.07) is 4.28. The smallest absolute Gasteiger partial charge is 0.242 e. The number of hydrogen-bond donors (Lipinski definition) is 1. The molecule has 0 spiro atoms. The summed E-state index contributed by atoms with van der Waals surface area (Å²) in [4.78, 5) is -0.0511. The van der Waals surface area contributed by atoms with Gasteiger partial charge in [-0.2, -0.15) is 0 Å². The van der Waals surface area contributed by atoms with E-state index in [1.54, 1.807) is 13.8 Å². The molecule has 0 aliphatic carbocycles. The number of nitrogens with one attached hydrogen (secondary N) is 1. The molecule has 112 valence electrons. The first-order valence-corrected chi connectivity index (χ1v) is 8.20. The predicted octanol–water partition coefficient (Wildman–Crippen LogP) is 2.42. The van der Waals surface area contributed by atoms with Gasteiger partial charge in [-0.15, -0.1) is 0 Å². The van der Waals surface area contributed by atoms with Gasteiger partial charge in [-0.3, -0.25) is 0 Å². The fourth-order valence-electron chi connectivity index (χ4n) is 1.83. The SMILES string of the molecule is CC1(C)OCC(CNS(=O)(=O)c2cc(Cl)ccc2Cl)O1. The summed E-state index contributed by atoms with van der Waals surface area (Å²) in [6.07, 6.45) is -0.335. The van der Waals surface area contributed by atoms with Gasteiger partial charge in [-0.1, -0.05) is 23.2 Å². The molecule has 8 heteroatoms. The van der Waals surface area contributed by atoms with E-state index >= 15 is 0 Å². The summed E-state index contributed by atoms with van der Waals surface area (Å²) in [7, 11) is -3.74. The Labute approximate surface area is 128 Å². The maximum atomic E-state index is 12.2. The molecular weight excluding hydrogens is 325 g/mol. The summed E-state index contributed by atoms with van der Waals surface area (Å²) in [5, 5.41) is 0.419. The van der Waals surface area contributed by atoms with Gasteiger partial charge in [0.15, 0.2) is 5.79 Å². The van der Waals surface area contributed by atoms with E-state index < -0.39 is 15.8 Å². The summed E-state index contributed by atoms with van der Waals surface area (Å²) >= 11 is 11.7. The molecule has 1 aliphatic rings. The highest BCUT2D eigenvalue weighted by Gasteiger charge is 2.33. The van der Waals surface area contributed by atoms with E-state index in [0.717, 1.165) is 0 Å². The van der Waals surface area contributed by atoms with Crippen LogP contribution in [0.2, 0.25) is 10.0 Å². The first kappa shape index (κ1) is 16.0. The number of halogens is 2. The standard InChI is InChI=1S/C12H15Cl2NO4S/c1-12(2)18-7-9(19-12)6-15-20(16,17)11-5-8(13)3-4-10(11)14/h3-5,9,15H,6-7H2,1-2H3. The van der Waals surface area contributed by atoms with E-state index in [0.29, 0.717) is 11.6 Å². The second-order valence-electron chi connectivity index (χ2n) is 4.88. The van der Waals surface area contributed by atoms with Gasteiger partial charge in [0.25, 0.3) is 0 Å². The first-order valence-electron chi connectivity index (χ1n) is 5.96. The molecule has 1 unspecified atom stereocenters. The summed E-state index contributed by atoms with van der Waals surface area (Å²) in [6.45, 7) is 3.98. The molecule has 0 saturated carbocycles. The lowest BCUT2D eigenvalue weighted by Gasteiger charge is -2.17. The topological polar surface area (TPSA) is 64.6 Å². The van der Waals surface area contributed by atoms with Crippen molar-refractivity contribution in [3.8, 4) is 0 Å². The van der Waals surface area contributed by atoms with Gasteiger partial charge in [0.1, 0.15) is 4.90 Å². The van der Waals surface area contributed by atoms with Crippen molar-refractivity contribution in [2.75, 3.05) is 13.2 Å². The van der Waals surface area contributed by atoms with Crippen LogP contribution < -0.4 is 4.72 Å². The van der Waals surface area contributed by atoms with Crippen LogP contribution in [0.15, 0.2) is 23.1 Å². The molecule has 20 heavy (non-hydrogen) atoms. The summed E-state index contributed by atoms with van der Waals surface area (Å²) in [5.41, 5.74) is 0. The number of benzene rings is 1. The van der Waals surface area contributed by atoms with E-state index in [1.165, 1.54) is 18.2 Å². The monoisotopic (exact) mass is 339 g/mol. The second kappa shape index (κ2) is 5.79. The number of rotatable bonds is 4. The summed E-state index contributed by atoms with van der Waals surface area (Å²) in [5.74, 6) is -0.691. The van der Waals surface area contributed by atoms with Crippen LogP contribution in [0.3, 0.4) is 0 Å². The van der Waals surface area contributed by atoms with Crippen LogP contribution in [0.4, 0.5) is 0 Å². The van der Waals surface area contributed by atoms with Gasteiger partial charge in [0, 0.05) is 11.6 Å². The van der Waals surface area contributed by atoms with E-state index in [-0.39, 0.29) is 22.6 Å². The third-order valence-electron chi connectivity index (χ3n) is 2.75. The number of sulfonamides is 1. The van der Waals surface area contributed by atoms with Crippen molar-refractivity contribution >= 4 is 33.2 Å². The fraction of sp³-hybridized carbons (Fsp3) is 0.500. The molecule has 1 N–H and O–H groups in total. The molecule has 0 bridgehead atoms. The van der Waals surface area contributed by atoms with E-state index in [2.05, 4.69) is 4.72 Å². The molecule has 1 fully saturated rings. The Hall–Kier alpha value is -0.370. The minimum absolute atomic E-state index is 0.0511. The van der Waals surface area contributed by atoms with Crippen molar-refractivity contribution in [1.82, 2.24) is 4.72 Å². The molecule has 1 aliphatic heterocycles. The zero-order valence-corrected chi connectivity index (χ0v) is 13.3. The average molecular weight is 340 g/mol. The lowest BCUT2D eigenvalue weighted by Crippen LogP contribution is -2.34. The summed E-state index contributed by atoms with van der Waals surface area (Å²) < 4.78 is 37.7. The Bertz CT molecular complexity index is 603. The van der Waals surface area contributed by atoms with Gasteiger partial charge >= 0.3 is 0 Å². The molecule has 1 aromatic carbocycles. The Balaban J connectivity index is 2.07. The molecule has 1 saturated heterocycles. The largest absolute Gasteiger partial charge is 0.348 e. The van der Waals surface area contributed by atoms with Crippen molar-refractivity contribution in [2.45, 2.75) is 30.6 Å². The third kappa shape index (κ3) is 3.84. The number of ether oxygens (including phenoxy) is 2. The molecule has 5 nitrogen and oxygen atoms in total. The highest BCUT2D eigenvalue weighted by atomic mass is 35.5. The van der Waals surface area contributed by atoms with E-state index in [1.807, 2.05) is 0 Å². The molecule has 0 radical (unpaired) electrons. The van der Waals surface area contributed by atoms with Gasteiger partial charge < -0.3 is 9.47 Å². The Kier molecular flexibility index (Phi) is 4.63. The lowest BCUT2D eigenvalue weighted by atomic mass is 10.4. The van der Waals surface area contributed by atoms with Crippen molar-refractivity contribution in [2.24, 2.45) is 0 Å². The molecule has 0 aromatic heterocycles. The second-order valence-corrected chi connectivity index (χ2v) is 7.46. The Morgan fingerprint density at radius 1 is 1.40 bits per heavy atom. The molecule has 1 aromatic rings. The van der Waals surface area contributed by atoms with E-state index in [9.17, 15) is 8.42 Å². The van der Waals surface area contributed by atoms with Crippen LogP contribution in [-0.2, 0) is 19.5 Å². The van der Waals surface area contributed by atoms with Crippen LogP contribution >= 0.6 is 23.2 Å². The average Bonchev–Trinajstić information content (AvgIpc) is 2.70. The van der Waals surface area contributed by atoms with Crippen LogP contribution in [0.25, 0.3) is 0 Å².